The molecule has 9 aromatic carbocycles. The predicted octanol–water partition coefficient (Wildman–Crippen LogP) is 13.1. The second-order valence-corrected chi connectivity index (χ2v) is 20.5. The van der Waals surface area contributed by atoms with Crippen molar-refractivity contribution in [2.24, 2.45) is 0 Å². The fourth-order valence-electron chi connectivity index (χ4n) is 10.5. The molecule has 0 aromatic heterocycles. The molecule has 1 heterocycles. The van der Waals surface area contributed by atoms with E-state index in [1.807, 2.05) is 0 Å². The molecule has 0 fully saturated rings. The zero-order valence-electron chi connectivity index (χ0n) is 40.3. The number of fused-ring (bicyclic) bond motifs is 6. The SMILES string of the molecule is CC(C)(C)c1c(F)c(F)c(B(c2ccc3c(c2)Oc2cccc4c2c-3cc2c3ccccc3c(B(c3c(F)c(F)c(F)c(F)c3F)c3c(F)c(F)c(C(C)(C)C)c(F)c3F)cc42)c2c(F)c(F)c(F)c(F)c2F)c(F)c1F. The van der Waals surface area contributed by atoms with E-state index in [0.29, 0.717) is 0 Å². The molecule has 0 spiro atoms. The Kier molecular flexibility index (Phi) is 12.4. The molecule has 0 radical (unpaired) electrons. The van der Waals surface area contributed by atoms with Crippen LogP contribution < -0.4 is 37.5 Å². The van der Waals surface area contributed by atoms with E-state index in [-0.39, 0.29) is 54.9 Å². The summed E-state index contributed by atoms with van der Waals surface area (Å²) < 4.78 is 290. The van der Waals surface area contributed by atoms with Gasteiger partial charge in [-0.1, -0.05) is 107 Å². The van der Waals surface area contributed by atoms with Crippen LogP contribution in [-0.2, 0) is 10.8 Å². The highest BCUT2D eigenvalue weighted by molar-refractivity contribution is 6.97. The van der Waals surface area contributed by atoms with Gasteiger partial charge in [-0.25, -0.2) is 79.0 Å². The van der Waals surface area contributed by atoms with Crippen molar-refractivity contribution in [1.82, 2.24) is 0 Å². The summed E-state index contributed by atoms with van der Waals surface area (Å²) in [7, 11) is 0. The summed E-state index contributed by atoms with van der Waals surface area (Å²) in [6, 6.07) is 14.7. The lowest BCUT2D eigenvalue weighted by molar-refractivity contribution is 0.384. The Balaban J connectivity index is 1.27. The minimum atomic E-state index is -2.85. The van der Waals surface area contributed by atoms with Crippen LogP contribution in [-0.4, -0.2) is 13.4 Å². The normalized spacial score (nSPS) is 12.5. The quantitative estimate of drug-likeness (QED) is 0.0530. The molecule has 0 amide bonds. The monoisotopic (exact) mass is 1080 g/mol. The van der Waals surface area contributed by atoms with Gasteiger partial charge in [0.1, 0.15) is 11.5 Å². The van der Waals surface area contributed by atoms with Gasteiger partial charge in [0, 0.05) is 43.9 Å². The second-order valence-electron chi connectivity index (χ2n) is 20.5. The van der Waals surface area contributed by atoms with Crippen LogP contribution in [0.5, 0.6) is 11.5 Å². The number of hydrogen-bond donors (Lipinski definition) is 0. The van der Waals surface area contributed by atoms with E-state index >= 15 is 61.5 Å². The molecular formula is C56H30B2F18O. The zero-order valence-corrected chi connectivity index (χ0v) is 40.3. The third kappa shape index (κ3) is 7.67. The molecule has 1 aliphatic heterocycles. The average molecular weight is 1080 g/mol. The van der Waals surface area contributed by atoms with Crippen LogP contribution in [0.1, 0.15) is 52.7 Å². The van der Waals surface area contributed by atoms with Crippen LogP contribution in [0.3, 0.4) is 0 Å². The number of benzene rings is 9. The molecule has 77 heavy (non-hydrogen) atoms. The number of halogens is 18. The maximum Gasteiger partial charge on any atom is 0.257 e. The molecule has 0 aliphatic carbocycles. The largest absolute Gasteiger partial charge is 0.456 e. The van der Waals surface area contributed by atoms with Gasteiger partial charge in [-0.2, -0.15) is 0 Å². The number of hydrogen-bond acceptors (Lipinski definition) is 1. The lowest BCUT2D eigenvalue weighted by Gasteiger charge is -2.27. The van der Waals surface area contributed by atoms with Crippen LogP contribution in [0.15, 0.2) is 72.8 Å². The van der Waals surface area contributed by atoms with Gasteiger partial charge in [-0.15, -0.1) is 0 Å². The fraction of sp³-hybridized carbons (Fsp3) is 0.143. The summed E-state index contributed by atoms with van der Waals surface area (Å²) in [6.07, 6.45) is 0. The van der Waals surface area contributed by atoms with E-state index in [1.54, 1.807) is 0 Å². The Hall–Kier alpha value is -7.57. The van der Waals surface area contributed by atoms with Gasteiger partial charge in [0.15, 0.2) is 105 Å². The predicted molar refractivity (Wildman–Crippen MR) is 256 cm³/mol. The van der Waals surface area contributed by atoms with E-state index in [9.17, 15) is 17.6 Å². The highest BCUT2D eigenvalue weighted by Gasteiger charge is 2.45. The van der Waals surface area contributed by atoms with E-state index < -0.39 is 173 Å². The fourth-order valence-corrected chi connectivity index (χ4v) is 10.5. The molecule has 0 saturated carbocycles. The molecular weight excluding hydrogens is 1050 g/mol. The zero-order chi connectivity index (χ0) is 56.1. The van der Waals surface area contributed by atoms with Gasteiger partial charge in [0.05, 0.1) is 0 Å². The summed E-state index contributed by atoms with van der Waals surface area (Å²) in [5.41, 5.74) is -14.1. The molecule has 21 heteroatoms. The minimum Gasteiger partial charge on any atom is -0.456 e. The van der Waals surface area contributed by atoms with Crippen LogP contribution in [0.25, 0.3) is 43.4 Å². The summed E-state index contributed by atoms with van der Waals surface area (Å²) in [5, 5.41) is 0.133. The van der Waals surface area contributed by atoms with Gasteiger partial charge < -0.3 is 4.74 Å². The van der Waals surface area contributed by atoms with Crippen LogP contribution >= 0.6 is 0 Å². The maximum absolute atomic E-state index is 16.7. The lowest BCUT2D eigenvalue weighted by atomic mass is 9.35. The average Bonchev–Trinajstić information content (AvgIpc) is 3.40. The molecule has 1 nitrogen and oxygen atoms in total. The highest BCUT2D eigenvalue weighted by atomic mass is 19.2. The van der Waals surface area contributed by atoms with Crippen molar-refractivity contribution in [1.29, 1.82) is 0 Å². The smallest absolute Gasteiger partial charge is 0.257 e. The Bertz CT molecular complexity index is 3990. The third-order valence-corrected chi connectivity index (χ3v) is 13.9. The van der Waals surface area contributed by atoms with Crippen molar-refractivity contribution in [3.8, 4) is 22.6 Å². The molecule has 392 valence electrons. The summed E-state index contributed by atoms with van der Waals surface area (Å²) in [4.78, 5) is 0. The molecule has 0 saturated heterocycles. The van der Waals surface area contributed by atoms with Crippen LogP contribution in [0, 0.1) is 105 Å². The van der Waals surface area contributed by atoms with Gasteiger partial charge in [0.2, 0.25) is 0 Å². The number of ether oxygens (including phenoxy) is 1. The van der Waals surface area contributed by atoms with Gasteiger partial charge in [-0.05, 0) is 61.5 Å². The first-order chi connectivity index (χ1) is 36.0. The maximum atomic E-state index is 16.7. The van der Waals surface area contributed by atoms with Crippen molar-refractivity contribution in [3.63, 3.8) is 0 Å². The van der Waals surface area contributed by atoms with E-state index in [4.69, 9.17) is 4.74 Å². The molecule has 10 rings (SSSR count). The third-order valence-electron chi connectivity index (χ3n) is 13.9. The van der Waals surface area contributed by atoms with Gasteiger partial charge in [-0.3, -0.25) is 0 Å². The topological polar surface area (TPSA) is 9.23 Å². The first-order valence-corrected chi connectivity index (χ1v) is 23.0. The van der Waals surface area contributed by atoms with E-state index in [0.717, 1.165) is 24.3 Å². The molecule has 1 aliphatic rings. The summed E-state index contributed by atoms with van der Waals surface area (Å²) in [5.74, 6) is -43.6. The molecule has 0 bridgehead atoms. The van der Waals surface area contributed by atoms with E-state index in [1.165, 1.54) is 90.1 Å². The standard InChI is InChI=1S/C56H30B2F18O/c1-55(2,3)31-37(59)41(63)33(42(64)38(31)60)57(34-45(67)49(71)53(75)50(72)46(34)68)19-14-15-22-26-17-24-20-10-7-8-11-21(20)27(18-25(24)23-12-9-13-28(30(23)26)77-29(22)16-19)58(36-47(69)51(73)54(76)52(74)48(36)70)35-43(65)39(61)32(56(4,5)6)40(62)44(35)66/h7-18H,1-6H3. The number of rotatable bonds is 6. The van der Waals surface area contributed by atoms with Gasteiger partial charge in [0.25, 0.3) is 13.4 Å². The van der Waals surface area contributed by atoms with Crippen molar-refractivity contribution in [3.05, 3.63) is 189 Å². The lowest BCUT2D eigenvalue weighted by Crippen LogP contribution is -2.58. The highest BCUT2D eigenvalue weighted by Crippen LogP contribution is 2.49. The van der Waals surface area contributed by atoms with Crippen molar-refractivity contribution in [2.45, 2.75) is 52.4 Å². The first-order valence-electron chi connectivity index (χ1n) is 23.0. The van der Waals surface area contributed by atoms with Crippen LogP contribution in [0.4, 0.5) is 79.0 Å². The van der Waals surface area contributed by atoms with Crippen LogP contribution in [0.2, 0.25) is 0 Å². The Morgan fingerprint density at radius 1 is 0.312 bits per heavy atom. The Morgan fingerprint density at radius 3 is 1.13 bits per heavy atom. The Labute approximate surface area is 424 Å². The van der Waals surface area contributed by atoms with Crippen molar-refractivity contribution >= 4 is 78.5 Å². The molecule has 9 aromatic rings. The van der Waals surface area contributed by atoms with E-state index in [2.05, 4.69) is 0 Å². The summed E-state index contributed by atoms with van der Waals surface area (Å²) >= 11 is 0. The molecule has 0 atom stereocenters. The molecule has 0 unspecified atom stereocenters. The second kappa shape index (κ2) is 18.0. The first kappa shape index (κ1) is 52.9. The van der Waals surface area contributed by atoms with Gasteiger partial charge >= 0.3 is 0 Å². The molecule has 0 N–H and O–H groups in total. The Morgan fingerprint density at radius 2 is 0.688 bits per heavy atom. The minimum absolute atomic E-state index is 0.00926. The van der Waals surface area contributed by atoms with Crippen molar-refractivity contribution < 1.29 is 83.8 Å². The summed E-state index contributed by atoms with van der Waals surface area (Å²) in [6.45, 7) is 1.40. The van der Waals surface area contributed by atoms with Crippen molar-refractivity contribution in [2.75, 3.05) is 0 Å².